The Kier molecular flexibility index (Phi) is 4.75. The van der Waals surface area contributed by atoms with E-state index in [4.69, 9.17) is 5.26 Å². The number of aliphatic carboxylic acids is 1. The van der Waals surface area contributed by atoms with Gasteiger partial charge in [0.1, 0.15) is 0 Å². The predicted octanol–water partition coefficient (Wildman–Crippen LogP) is 2.50. The average molecular weight is 252 g/mol. The average Bonchev–Trinajstić information content (AvgIpc) is 2.36. The number of nitrogens with zero attached hydrogens (tertiary/aromatic N) is 2. The summed E-state index contributed by atoms with van der Waals surface area (Å²) in [5.41, 5.74) is -0.898. The van der Waals surface area contributed by atoms with Crippen LogP contribution in [0, 0.1) is 22.2 Å². The van der Waals surface area contributed by atoms with E-state index in [2.05, 4.69) is 11.0 Å². The van der Waals surface area contributed by atoms with Gasteiger partial charge in [-0.1, -0.05) is 6.92 Å². The highest BCUT2D eigenvalue weighted by Gasteiger charge is 2.40. The highest BCUT2D eigenvalue weighted by molar-refractivity contribution is 5.75. The highest BCUT2D eigenvalue weighted by atomic mass is 16.4. The minimum absolute atomic E-state index is 0.324. The number of rotatable bonds is 5. The third kappa shape index (κ3) is 3.46. The normalized spacial score (nSPS) is 25.7. The van der Waals surface area contributed by atoms with Crippen LogP contribution in [0.4, 0.5) is 0 Å². The lowest BCUT2D eigenvalue weighted by molar-refractivity contribution is -0.153. The first-order valence-corrected chi connectivity index (χ1v) is 6.72. The van der Waals surface area contributed by atoms with Gasteiger partial charge in [-0.15, -0.1) is 0 Å². The third-order valence-corrected chi connectivity index (χ3v) is 4.14. The van der Waals surface area contributed by atoms with Gasteiger partial charge in [0.2, 0.25) is 0 Å². The van der Waals surface area contributed by atoms with Crippen molar-refractivity contribution in [2.24, 2.45) is 10.8 Å². The van der Waals surface area contributed by atoms with Crippen LogP contribution in [-0.4, -0.2) is 35.6 Å². The summed E-state index contributed by atoms with van der Waals surface area (Å²) in [5.74, 6) is -0.672. The van der Waals surface area contributed by atoms with Crippen molar-refractivity contribution in [1.29, 1.82) is 5.26 Å². The Balaban J connectivity index is 2.60. The summed E-state index contributed by atoms with van der Waals surface area (Å²) < 4.78 is 0. The molecule has 0 amide bonds. The van der Waals surface area contributed by atoms with Crippen molar-refractivity contribution in [3.63, 3.8) is 0 Å². The van der Waals surface area contributed by atoms with Crippen molar-refractivity contribution in [2.75, 3.05) is 19.6 Å². The zero-order valence-electron chi connectivity index (χ0n) is 11.7. The monoisotopic (exact) mass is 252 g/mol. The molecular formula is C14H24N2O2. The summed E-state index contributed by atoms with van der Waals surface area (Å²) in [6.07, 6.45) is 3.19. The molecule has 0 spiro atoms. The van der Waals surface area contributed by atoms with Gasteiger partial charge in [0, 0.05) is 6.54 Å². The quantitative estimate of drug-likeness (QED) is 0.816. The summed E-state index contributed by atoms with van der Waals surface area (Å²) in [6.45, 7) is 8.21. The molecule has 0 bridgehead atoms. The first-order chi connectivity index (χ1) is 8.35. The van der Waals surface area contributed by atoms with Gasteiger partial charge in [-0.3, -0.25) is 4.79 Å². The van der Waals surface area contributed by atoms with E-state index in [-0.39, 0.29) is 5.41 Å². The largest absolute Gasteiger partial charge is 0.481 e. The first kappa shape index (κ1) is 15.0. The summed E-state index contributed by atoms with van der Waals surface area (Å²) in [7, 11) is 0. The molecule has 0 aromatic carbocycles. The Bertz CT molecular complexity index is 346. The molecule has 1 unspecified atom stereocenters. The lowest BCUT2D eigenvalue weighted by Crippen LogP contribution is -2.48. The van der Waals surface area contributed by atoms with Crippen LogP contribution in [0.1, 0.15) is 46.5 Å². The number of nitriles is 1. The van der Waals surface area contributed by atoms with Crippen molar-refractivity contribution in [3.8, 4) is 6.07 Å². The molecule has 1 aliphatic rings. The molecule has 1 atom stereocenters. The molecule has 102 valence electrons. The fourth-order valence-corrected chi connectivity index (χ4v) is 2.53. The molecule has 1 fully saturated rings. The van der Waals surface area contributed by atoms with E-state index in [1.807, 2.05) is 20.8 Å². The van der Waals surface area contributed by atoms with Crippen molar-refractivity contribution < 1.29 is 9.90 Å². The standard InChI is InChI=1S/C14H24N2O2/c1-4-14(12(17)18)6-5-8-16(11-14)9-7-13(2,3)10-15/h4-9,11H2,1-3H3,(H,17,18). The van der Waals surface area contributed by atoms with Gasteiger partial charge in [-0.05, 0) is 52.6 Å². The molecule has 1 rings (SSSR count). The van der Waals surface area contributed by atoms with E-state index in [1.54, 1.807) is 0 Å². The summed E-state index contributed by atoms with van der Waals surface area (Å²) in [6, 6.07) is 2.30. The molecule has 4 nitrogen and oxygen atoms in total. The van der Waals surface area contributed by atoms with Gasteiger partial charge in [0.05, 0.1) is 16.9 Å². The summed E-state index contributed by atoms with van der Waals surface area (Å²) in [5, 5.41) is 18.4. The van der Waals surface area contributed by atoms with E-state index >= 15 is 0 Å². The van der Waals surface area contributed by atoms with E-state index in [1.165, 1.54) is 0 Å². The maximum atomic E-state index is 11.4. The molecule has 0 aromatic rings. The number of carboxylic acids is 1. The minimum atomic E-state index is -0.672. The number of carboxylic acid groups (broad SMARTS) is 1. The van der Waals surface area contributed by atoms with Crippen LogP contribution in [-0.2, 0) is 4.79 Å². The Morgan fingerprint density at radius 3 is 2.72 bits per heavy atom. The van der Waals surface area contributed by atoms with Crippen LogP contribution >= 0.6 is 0 Å². The molecule has 0 aromatic heterocycles. The van der Waals surface area contributed by atoms with Crippen molar-refractivity contribution >= 4 is 5.97 Å². The summed E-state index contributed by atoms with van der Waals surface area (Å²) >= 11 is 0. The number of likely N-dealkylation sites (tertiary alicyclic amines) is 1. The number of hydrogen-bond donors (Lipinski definition) is 1. The molecule has 1 N–H and O–H groups in total. The lowest BCUT2D eigenvalue weighted by atomic mass is 9.77. The fourth-order valence-electron chi connectivity index (χ4n) is 2.53. The number of carbonyl (C=O) groups is 1. The van der Waals surface area contributed by atoms with Crippen molar-refractivity contribution in [1.82, 2.24) is 4.90 Å². The Morgan fingerprint density at radius 1 is 1.56 bits per heavy atom. The van der Waals surface area contributed by atoms with Crippen molar-refractivity contribution in [2.45, 2.75) is 46.5 Å². The van der Waals surface area contributed by atoms with Gasteiger partial charge < -0.3 is 10.0 Å². The zero-order chi connectivity index (χ0) is 13.8. The van der Waals surface area contributed by atoms with Gasteiger partial charge in [-0.25, -0.2) is 0 Å². The molecule has 4 heteroatoms. The highest BCUT2D eigenvalue weighted by Crippen LogP contribution is 2.34. The molecule has 1 aliphatic heterocycles. The smallest absolute Gasteiger partial charge is 0.310 e. The molecular weight excluding hydrogens is 228 g/mol. The molecule has 0 aliphatic carbocycles. The van der Waals surface area contributed by atoms with E-state index in [9.17, 15) is 9.90 Å². The van der Waals surface area contributed by atoms with Gasteiger partial charge in [-0.2, -0.15) is 5.26 Å². The van der Waals surface area contributed by atoms with Crippen LogP contribution < -0.4 is 0 Å². The Morgan fingerprint density at radius 2 is 2.22 bits per heavy atom. The molecule has 0 saturated carbocycles. The molecule has 0 radical (unpaired) electrons. The summed E-state index contributed by atoms with van der Waals surface area (Å²) in [4.78, 5) is 13.6. The van der Waals surface area contributed by atoms with E-state index < -0.39 is 11.4 Å². The zero-order valence-corrected chi connectivity index (χ0v) is 11.7. The second-order valence-electron chi connectivity index (χ2n) is 6.06. The minimum Gasteiger partial charge on any atom is -0.481 e. The van der Waals surface area contributed by atoms with Crippen LogP contribution in [0.3, 0.4) is 0 Å². The number of piperidine rings is 1. The van der Waals surface area contributed by atoms with E-state index in [0.29, 0.717) is 13.0 Å². The Labute approximate surface area is 110 Å². The molecule has 1 heterocycles. The van der Waals surface area contributed by atoms with Gasteiger partial charge in [0.15, 0.2) is 0 Å². The maximum Gasteiger partial charge on any atom is 0.310 e. The molecule has 18 heavy (non-hydrogen) atoms. The first-order valence-electron chi connectivity index (χ1n) is 6.72. The fraction of sp³-hybridized carbons (Fsp3) is 0.857. The second kappa shape index (κ2) is 5.71. The van der Waals surface area contributed by atoms with Crippen molar-refractivity contribution in [3.05, 3.63) is 0 Å². The SMILES string of the molecule is CCC1(C(=O)O)CCCN(CCC(C)(C)C#N)C1. The lowest BCUT2D eigenvalue weighted by Gasteiger charge is -2.40. The van der Waals surface area contributed by atoms with Gasteiger partial charge >= 0.3 is 5.97 Å². The number of hydrogen-bond acceptors (Lipinski definition) is 3. The predicted molar refractivity (Wildman–Crippen MR) is 70.0 cm³/mol. The van der Waals surface area contributed by atoms with Crippen LogP contribution in [0.5, 0.6) is 0 Å². The maximum absolute atomic E-state index is 11.4. The Hall–Kier alpha value is -1.08. The van der Waals surface area contributed by atoms with Crippen LogP contribution in [0.15, 0.2) is 0 Å². The van der Waals surface area contributed by atoms with Gasteiger partial charge in [0.25, 0.3) is 0 Å². The topological polar surface area (TPSA) is 64.3 Å². The second-order valence-corrected chi connectivity index (χ2v) is 6.06. The van der Waals surface area contributed by atoms with Crippen LogP contribution in [0.2, 0.25) is 0 Å². The molecule has 1 saturated heterocycles. The van der Waals surface area contributed by atoms with Crippen LogP contribution in [0.25, 0.3) is 0 Å². The third-order valence-electron chi connectivity index (χ3n) is 4.14. The van der Waals surface area contributed by atoms with E-state index in [0.717, 1.165) is 32.4 Å².